The van der Waals surface area contributed by atoms with E-state index in [0.29, 0.717) is 24.4 Å². The first-order chi connectivity index (χ1) is 14.7. The van der Waals surface area contributed by atoms with E-state index in [1.165, 1.54) is 54.7 Å². The summed E-state index contributed by atoms with van der Waals surface area (Å²) in [5.41, 5.74) is 5.79. The number of rotatable bonds is 7. The van der Waals surface area contributed by atoms with Crippen LogP contribution in [-0.4, -0.2) is 52.4 Å². The van der Waals surface area contributed by atoms with Crippen molar-refractivity contribution in [1.82, 2.24) is 9.62 Å². The first-order valence-electron chi connectivity index (χ1n) is 11.2. The van der Waals surface area contributed by atoms with E-state index >= 15 is 0 Å². The minimum atomic E-state index is -1.91. The molecule has 1 aliphatic carbocycles. The van der Waals surface area contributed by atoms with Crippen molar-refractivity contribution in [3.05, 3.63) is 65.2 Å². The van der Waals surface area contributed by atoms with Gasteiger partial charge >= 0.3 is 0 Å². The van der Waals surface area contributed by atoms with Crippen LogP contribution < -0.4 is 9.62 Å². The van der Waals surface area contributed by atoms with Crippen molar-refractivity contribution >= 4 is 17.0 Å². The number of nitrogens with one attached hydrogen (secondary N) is 1. The Morgan fingerprint density at radius 1 is 1.10 bits per heavy atom. The minimum absolute atomic E-state index is 0.436. The summed E-state index contributed by atoms with van der Waals surface area (Å²) in [5, 5.41) is 0. The van der Waals surface area contributed by atoms with E-state index in [2.05, 4.69) is 63.1 Å². The summed E-state index contributed by atoms with van der Waals surface area (Å²) in [6, 6.07) is 18.7. The van der Waals surface area contributed by atoms with Gasteiger partial charge in [-0.2, -0.15) is 0 Å². The Morgan fingerprint density at radius 2 is 1.90 bits per heavy atom. The maximum atomic E-state index is 10.8. The van der Waals surface area contributed by atoms with Crippen molar-refractivity contribution in [3.8, 4) is 0 Å². The van der Waals surface area contributed by atoms with Crippen molar-refractivity contribution in [2.75, 3.05) is 37.6 Å². The Bertz CT molecular complexity index is 897. The molecule has 0 aromatic heterocycles. The van der Waals surface area contributed by atoms with E-state index in [4.69, 9.17) is 4.55 Å². The van der Waals surface area contributed by atoms with Crippen LogP contribution in [0.4, 0.5) is 5.69 Å². The quantitative estimate of drug-likeness (QED) is 0.669. The van der Waals surface area contributed by atoms with Crippen LogP contribution in [0.5, 0.6) is 0 Å². The Labute approximate surface area is 181 Å². The number of benzene rings is 2. The van der Waals surface area contributed by atoms with Crippen molar-refractivity contribution in [3.63, 3.8) is 0 Å². The van der Waals surface area contributed by atoms with Crippen molar-refractivity contribution < 1.29 is 8.76 Å². The number of hydrogen-bond donors (Lipinski definition) is 2. The van der Waals surface area contributed by atoms with Gasteiger partial charge in [-0.25, -0.2) is 8.93 Å². The van der Waals surface area contributed by atoms with Crippen LogP contribution >= 0.6 is 0 Å². The molecule has 2 aromatic carbocycles. The molecule has 2 N–H and O–H groups in total. The van der Waals surface area contributed by atoms with Gasteiger partial charge < -0.3 is 4.90 Å². The average Bonchev–Trinajstić information content (AvgIpc) is 2.67. The van der Waals surface area contributed by atoms with Crippen LogP contribution in [0.15, 0.2) is 48.5 Å². The molecule has 0 radical (unpaired) electrons. The number of aryl methyl sites for hydroxylation is 1. The molecular formula is C24H31N3O2S. The lowest BCUT2D eigenvalue weighted by Gasteiger charge is -2.46. The second-order valence-electron chi connectivity index (χ2n) is 9.04. The summed E-state index contributed by atoms with van der Waals surface area (Å²) in [7, 11) is 0. The fourth-order valence-corrected chi connectivity index (χ4v) is 5.76. The van der Waals surface area contributed by atoms with E-state index in [9.17, 15) is 4.21 Å². The molecular weight excluding hydrogens is 394 g/mol. The van der Waals surface area contributed by atoms with Crippen LogP contribution in [0.25, 0.3) is 0 Å². The third kappa shape index (κ3) is 4.19. The van der Waals surface area contributed by atoms with Crippen molar-refractivity contribution in [2.24, 2.45) is 5.92 Å². The molecule has 2 aromatic rings. The van der Waals surface area contributed by atoms with E-state index < -0.39 is 11.3 Å². The van der Waals surface area contributed by atoms with Crippen LogP contribution in [0.1, 0.15) is 35.4 Å². The van der Waals surface area contributed by atoms with Gasteiger partial charge in [-0.3, -0.25) is 9.45 Å². The van der Waals surface area contributed by atoms with E-state index in [1.807, 2.05) is 0 Å². The first kappa shape index (κ1) is 20.2. The van der Waals surface area contributed by atoms with Crippen LogP contribution in [0.2, 0.25) is 0 Å². The molecule has 0 bridgehead atoms. The molecule has 1 unspecified atom stereocenters. The number of hydrogen-bond acceptors (Lipinski definition) is 3. The smallest absolute Gasteiger partial charge is 0.231 e. The van der Waals surface area contributed by atoms with Gasteiger partial charge in [0.15, 0.2) is 0 Å². The van der Waals surface area contributed by atoms with E-state index in [0.717, 1.165) is 19.5 Å². The second kappa shape index (κ2) is 8.79. The molecule has 30 heavy (non-hydrogen) atoms. The molecule has 3 aliphatic rings. The SMILES string of the molecule is O=S(O)NCC1CN(c2ccc3c(c2)[C@@H](Cc2ccccc2)[C@@H](N2CCC2)CC3)C1. The largest absolute Gasteiger partial charge is 0.371 e. The maximum absolute atomic E-state index is 10.8. The van der Waals surface area contributed by atoms with E-state index in [1.54, 1.807) is 0 Å². The average molecular weight is 426 g/mol. The third-order valence-electron chi connectivity index (χ3n) is 7.18. The minimum Gasteiger partial charge on any atom is -0.371 e. The molecule has 0 spiro atoms. The van der Waals surface area contributed by atoms with Gasteiger partial charge in [0.2, 0.25) is 11.3 Å². The summed E-state index contributed by atoms with van der Waals surface area (Å²) < 4.78 is 22.4. The zero-order valence-electron chi connectivity index (χ0n) is 17.4. The predicted octanol–water partition coefficient (Wildman–Crippen LogP) is 3.20. The zero-order chi connectivity index (χ0) is 20.5. The van der Waals surface area contributed by atoms with Gasteiger partial charge in [0, 0.05) is 43.2 Å². The zero-order valence-corrected chi connectivity index (χ0v) is 18.2. The number of likely N-dealkylation sites (tertiary alicyclic amines) is 1. The van der Waals surface area contributed by atoms with E-state index in [-0.39, 0.29) is 0 Å². The van der Waals surface area contributed by atoms with Gasteiger partial charge in [0.05, 0.1) is 0 Å². The standard InChI is InChI=1S/C24H31N3O2S/c28-30(29)25-15-19-16-27(17-19)21-9-7-20-8-10-24(26-11-4-12-26)23(22(20)14-21)13-18-5-2-1-3-6-18/h1-3,5-7,9,14,19,23-25H,4,8,10-13,15-17H2,(H,28,29)/t23-,24+/m1/s1. The maximum Gasteiger partial charge on any atom is 0.231 e. The molecule has 160 valence electrons. The highest BCUT2D eigenvalue weighted by Crippen LogP contribution is 2.41. The molecule has 2 fully saturated rings. The molecule has 6 heteroatoms. The van der Waals surface area contributed by atoms with Crippen molar-refractivity contribution in [2.45, 2.75) is 37.6 Å². The van der Waals surface area contributed by atoms with Gasteiger partial charge in [0.25, 0.3) is 0 Å². The molecule has 5 rings (SSSR count). The highest BCUT2D eigenvalue weighted by Gasteiger charge is 2.36. The monoisotopic (exact) mass is 425 g/mol. The molecule has 2 saturated heterocycles. The Morgan fingerprint density at radius 3 is 2.60 bits per heavy atom. The summed E-state index contributed by atoms with van der Waals surface area (Å²) in [6.07, 6.45) is 4.88. The van der Waals surface area contributed by atoms with Gasteiger partial charge in [-0.05, 0) is 67.6 Å². The Balaban J connectivity index is 1.36. The molecule has 2 aliphatic heterocycles. The highest BCUT2D eigenvalue weighted by atomic mass is 32.2. The lowest BCUT2D eigenvalue weighted by molar-refractivity contribution is 0.0877. The summed E-state index contributed by atoms with van der Waals surface area (Å²) >= 11 is -1.91. The summed E-state index contributed by atoms with van der Waals surface area (Å²) in [4.78, 5) is 5.10. The lowest BCUT2D eigenvalue weighted by Crippen LogP contribution is -2.51. The number of fused-ring (bicyclic) bond motifs is 1. The van der Waals surface area contributed by atoms with Gasteiger partial charge in [-0.15, -0.1) is 0 Å². The molecule has 0 amide bonds. The summed E-state index contributed by atoms with van der Waals surface area (Å²) in [6.45, 7) is 4.98. The topological polar surface area (TPSA) is 55.8 Å². The molecule has 3 atom stereocenters. The fourth-order valence-electron chi connectivity index (χ4n) is 5.39. The second-order valence-corrected chi connectivity index (χ2v) is 9.83. The fraction of sp³-hybridized carbons (Fsp3) is 0.500. The number of anilines is 1. The molecule has 2 heterocycles. The molecule has 5 nitrogen and oxygen atoms in total. The van der Waals surface area contributed by atoms with Crippen molar-refractivity contribution in [1.29, 1.82) is 0 Å². The summed E-state index contributed by atoms with van der Waals surface area (Å²) in [5.74, 6) is 0.984. The van der Waals surface area contributed by atoms with Crippen LogP contribution in [0.3, 0.4) is 0 Å². The third-order valence-corrected chi connectivity index (χ3v) is 7.59. The highest BCUT2D eigenvalue weighted by molar-refractivity contribution is 7.77. The van der Waals surface area contributed by atoms with Gasteiger partial charge in [-0.1, -0.05) is 36.4 Å². The molecule has 0 saturated carbocycles. The number of nitrogens with zero attached hydrogens (tertiary/aromatic N) is 2. The van der Waals surface area contributed by atoms with Crippen LogP contribution in [-0.2, 0) is 24.1 Å². The first-order valence-corrected chi connectivity index (χ1v) is 12.3. The Kier molecular flexibility index (Phi) is 5.92. The predicted molar refractivity (Wildman–Crippen MR) is 122 cm³/mol. The van der Waals surface area contributed by atoms with Gasteiger partial charge in [0.1, 0.15) is 0 Å². The Hall–Kier alpha value is -1.73. The van der Waals surface area contributed by atoms with Crippen LogP contribution in [0, 0.1) is 5.92 Å². The lowest BCUT2D eigenvalue weighted by atomic mass is 9.74. The normalized spacial score (nSPS) is 25.3.